The number of fused-ring (bicyclic) bond motifs is 1. The van der Waals surface area contributed by atoms with Crippen LogP contribution in [0.4, 0.5) is 0 Å². The van der Waals surface area contributed by atoms with Crippen LogP contribution in [0.3, 0.4) is 0 Å². The van der Waals surface area contributed by atoms with E-state index in [1.165, 1.54) is 13.3 Å². The molecule has 6 heteroatoms. The number of aromatic nitrogens is 1. The highest BCUT2D eigenvalue weighted by atomic mass is 35.5. The van der Waals surface area contributed by atoms with Gasteiger partial charge in [-0.15, -0.1) is 0 Å². The molecule has 0 spiro atoms. The van der Waals surface area contributed by atoms with Gasteiger partial charge in [-0.05, 0) is 30.3 Å². The van der Waals surface area contributed by atoms with Crippen LogP contribution in [0, 0.1) is 0 Å². The number of methoxy groups -OCH3 is 1. The fourth-order valence-corrected chi connectivity index (χ4v) is 2.32. The molecule has 0 saturated heterocycles. The summed E-state index contributed by atoms with van der Waals surface area (Å²) in [4.78, 5) is 15.5. The maximum absolute atomic E-state index is 11.5. The third kappa shape index (κ3) is 2.91. The summed E-state index contributed by atoms with van der Waals surface area (Å²) in [7, 11) is 1.23. The smallest absolute Gasteiger partial charge is 0.360 e. The minimum atomic E-state index is -0.694. The fraction of sp³-hybridized carbons (Fsp3) is 0.0588. The molecule has 0 fully saturated rings. The number of hydrogen-bond acceptors (Lipinski definition) is 5. The first kappa shape index (κ1) is 15.1. The molecule has 2 aromatic carbocycles. The average Bonchev–Trinajstić information content (AvgIpc) is 2.56. The lowest BCUT2D eigenvalue weighted by molar-refractivity contribution is 0.0591. The highest BCUT2D eigenvalue weighted by Crippen LogP contribution is 2.33. The molecular formula is C17H12ClNO4. The van der Waals surface area contributed by atoms with Gasteiger partial charge < -0.3 is 14.6 Å². The standard InChI is InChI=1S/C17H12ClNO4/c1-22-17(21)15-16(20)12-7-6-11(8-10(12)9-19-15)23-14-5-3-2-4-13(14)18/h2-9,20H,1H3. The Morgan fingerprint density at radius 3 is 2.74 bits per heavy atom. The molecule has 23 heavy (non-hydrogen) atoms. The van der Waals surface area contributed by atoms with Crippen molar-refractivity contribution in [3.05, 3.63) is 59.4 Å². The largest absolute Gasteiger partial charge is 0.505 e. The van der Waals surface area contributed by atoms with Crippen molar-refractivity contribution in [3.8, 4) is 17.2 Å². The molecule has 116 valence electrons. The Hall–Kier alpha value is -2.79. The lowest BCUT2D eigenvalue weighted by Gasteiger charge is -2.10. The van der Waals surface area contributed by atoms with Crippen LogP contribution in [-0.2, 0) is 4.74 Å². The van der Waals surface area contributed by atoms with E-state index >= 15 is 0 Å². The quantitative estimate of drug-likeness (QED) is 0.730. The lowest BCUT2D eigenvalue weighted by Crippen LogP contribution is -2.04. The number of rotatable bonds is 3. The van der Waals surface area contributed by atoms with Crippen LogP contribution >= 0.6 is 11.6 Å². The zero-order valence-corrected chi connectivity index (χ0v) is 12.9. The first-order chi connectivity index (χ1) is 11.1. The van der Waals surface area contributed by atoms with Crippen LogP contribution in [0.2, 0.25) is 5.02 Å². The van der Waals surface area contributed by atoms with Gasteiger partial charge in [0.25, 0.3) is 0 Å². The highest BCUT2D eigenvalue weighted by molar-refractivity contribution is 6.32. The summed E-state index contributed by atoms with van der Waals surface area (Å²) in [5.74, 6) is 0.147. The fourth-order valence-electron chi connectivity index (χ4n) is 2.15. The average molecular weight is 330 g/mol. The minimum Gasteiger partial charge on any atom is -0.505 e. The van der Waals surface area contributed by atoms with Crippen LogP contribution in [-0.4, -0.2) is 23.2 Å². The second-order valence-corrected chi connectivity index (χ2v) is 5.14. The van der Waals surface area contributed by atoms with E-state index in [4.69, 9.17) is 16.3 Å². The molecular weight excluding hydrogens is 318 g/mol. The maximum Gasteiger partial charge on any atom is 0.360 e. The monoisotopic (exact) mass is 329 g/mol. The zero-order valence-electron chi connectivity index (χ0n) is 12.1. The predicted molar refractivity (Wildman–Crippen MR) is 86.3 cm³/mol. The van der Waals surface area contributed by atoms with Crippen molar-refractivity contribution < 1.29 is 19.4 Å². The Morgan fingerprint density at radius 2 is 2.00 bits per heavy atom. The summed E-state index contributed by atoms with van der Waals surface area (Å²) in [5, 5.41) is 11.7. The lowest BCUT2D eigenvalue weighted by atomic mass is 10.1. The first-order valence-electron chi connectivity index (χ1n) is 6.72. The van der Waals surface area contributed by atoms with Crippen molar-refractivity contribution in [3.63, 3.8) is 0 Å². The maximum atomic E-state index is 11.5. The number of esters is 1. The Morgan fingerprint density at radius 1 is 1.22 bits per heavy atom. The molecule has 0 aliphatic carbocycles. The summed E-state index contributed by atoms with van der Waals surface area (Å²) in [6.45, 7) is 0. The van der Waals surface area contributed by atoms with Crippen LogP contribution in [0.25, 0.3) is 10.8 Å². The zero-order chi connectivity index (χ0) is 16.4. The van der Waals surface area contributed by atoms with E-state index in [2.05, 4.69) is 9.72 Å². The molecule has 3 aromatic rings. The number of nitrogens with zero attached hydrogens (tertiary/aromatic N) is 1. The van der Waals surface area contributed by atoms with Crippen molar-refractivity contribution in [1.29, 1.82) is 0 Å². The molecule has 0 aliphatic rings. The van der Waals surface area contributed by atoms with Gasteiger partial charge in [0, 0.05) is 17.0 Å². The second-order valence-electron chi connectivity index (χ2n) is 4.73. The summed E-state index contributed by atoms with van der Waals surface area (Å²) in [5.41, 5.74) is -0.125. The molecule has 0 unspecified atom stereocenters. The van der Waals surface area contributed by atoms with E-state index in [1.54, 1.807) is 30.3 Å². The van der Waals surface area contributed by atoms with Gasteiger partial charge in [0.1, 0.15) is 11.5 Å². The summed E-state index contributed by atoms with van der Waals surface area (Å²) in [6, 6.07) is 12.1. The van der Waals surface area contributed by atoms with Crippen molar-refractivity contribution in [2.24, 2.45) is 0 Å². The molecule has 5 nitrogen and oxygen atoms in total. The molecule has 1 N–H and O–H groups in total. The van der Waals surface area contributed by atoms with Gasteiger partial charge in [-0.2, -0.15) is 0 Å². The predicted octanol–water partition coefficient (Wildman–Crippen LogP) is 4.17. The second kappa shape index (κ2) is 6.14. The van der Waals surface area contributed by atoms with Crippen LogP contribution < -0.4 is 4.74 Å². The third-order valence-electron chi connectivity index (χ3n) is 3.28. The van der Waals surface area contributed by atoms with Crippen molar-refractivity contribution in [2.75, 3.05) is 7.11 Å². The number of carbonyl (C=O) groups is 1. The number of halogens is 1. The van der Waals surface area contributed by atoms with E-state index in [9.17, 15) is 9.90 Å². The number of pyridine rings is 1. The number of carbonyl (C=O) groups excluding carboxylic acids is 1. The van der Waals surface area contributed by atoms with E-state index in [0.717, 1.165) is 0 Å². The third-order valence-corrected chi connectivity index (χ3v) is 3.59. The van der Waals surface area contributed by atoms with Gasteiger partial charge in [-0.3, -0.25) is 0 Å². The van der Waals surface area contributed by atoms with Crippen LogP contribution in [0.15, 0.2) is 48.7 Å². The molecule has 3 rings (SSSR count). The van der Waals surface area contributed by atoms with Gasteiger partial charge in [-0.25, -0.2) is 9.78 Å². The molecule has 1 aromatic heterocycles. The molecule has 1 heterocycles. The number of para-hydroxylation sites is 1. The Kier molecular flexibility index (Phi) is 4.04. The van der Waals surface area contributed by atoms with Gasteiger partial charge in [0.2, 0.25) is 0 Å². The highest BCUT2D eigenvalue weighted by Gasteiger charge is 2.16. The van der Waals surface area contributed by atoms with E-state index in [1.807, 2.05) is 12.1 Å². The van der Waals surface area contributed by atoms with Crippen molar-refractivity contribution in [1.82, 2.24) is 4.98 Å². The van der Waals surface area contributed by atoms with Gasteiger partial charge in [-0.1, -0.05) is 23.7 Å². The van der Waals surface area contributed by atoms with Crippen molar-refractivity contribution in [2.45, 2.75) is 0 Å². The van der Waals surface area contributed by atoms with E-state index in [0.29, 0.717) is 27.3 Å². The molecule has 0 amide bonds. The summed E-state index contributed by atoms with van der Waals surface area (Å²) >= 11 is 6.06. The SMILES string of the molecule is COC(=O)c1ncc2cc(Oc3ccccc3Cl)ccc2c1O. The van der Waals surface area contributed by atoms with Gasteiger partial charge in [0.05, 0.1) is 12.1 Å². The first-order valence-corrected chi connectivity index (χ1v) is 7.10. The normalized spacial score (nSPS) is 10.5. The number of aromatic hydroxyl groups is 1. The van der Waals surface area contributed by atoms with Crippen molar-refractivity contribution >= 4 is 28.3 Å². The van der Waals surface area contributed by atoms with E-state index in [-0.39, 0.29) is 11.4 Å². The molecule has 0 radical (unpaired) electrons. The molecule has 0 atom stereocenters. The molecule has 0 aliphatic heterocycles. The number of benzene rings is 2. The Balaban J connectivity index is 2.00. The van der Waals surface area contributed by atoms with Crippen LogP contribution in [0.5, 0.6) is 17.2 Å². The summed E-state index contributed by atoms with van der Waals surface area (Å²) < 4.78 is 10.3. The topological polar surface area (TPSA) is 68.7 Å². The molecule has 0 bridgehead atoms. The number of ether oxygens (including phenoxy) is 2. The van der Waals surface area contributed by atoms with Gasteiger partial charge >= 0.3 is 5.97 Å². The molecule has 0 saturated carbocycles. The Labute approximate surface area is 137 Å². The number of hydrogen-bond donors (Lipinski definition) is 1. The minimum absolute atomic E-state index is 0.125. The van der Waals surface area contributed by atoms with Crippen LogP contribution in [0.1, 0.15) is 10.5 Å². The summed E-state index contributed by atoms with van der Waals surface area (Å²) in [6.07, 6.45) is 1.47. The Bertz CT molecular complexity index is 895. The van der Waals surface area contributed by atoms with Gasteiger partial charge in [0.15, 0.2) is 11.4 Å². The van der Waals surface area contributed by atoms with E-state index < -0.39 is 5.97 Å².